The molecule has 0 fully saturated rings. The zero-order valence-corrected chi connectivity index (χ0v) is 13.6. The second-order valence-electron chi connectivity index (χ2n) is 5.73. The van der Waals surface area contributed by atoms with Crippen LogP contribution in [0.4, 0.5) is 0 Å². The van der Waals surface area contributed by atoms with Crippen molar-refractivity contribution in [3.63, 3.8) is 0 Å². The highest BCUT2D eigenvalue weighted by Crippen LogP contribution is 2.26. The summed E-state index contributed by atoms with van der Waals surface area (Å²) >= 11 is 0. The minimum absolute atomic E-state index is 0.0955. The van der Waals surface area contributed by atoms with Crippen molar-refractivity contribution in [2.45, 2.75) is 20.3 Å². The lowest BCUT2D eigenvalue weighted by atomic mass is 9.93. The van der Waals surface area contributed by atoms with Gasteiger partial charge in [0, 0.05) is 11.5 Å². The Morgan fingerprint density at radius 2 is 1.74 bits per heavy atom. The number of amides is 1. The predicted octanol–water partition coefficient (Wildman–Crippen LogP) is 3.23. The molecular formula is C19H21NO3. The number of rotatable bonds is 6. The number of ketones is 1. The first-order chi connectivity index (χ1) is 10.9. The lowest BCUT2D eigenvalue weighted by Crippen LogP contribution is -2.13. The summed E-state index contributed by atoms with van der Waals surface area (Å²) in [7, 11) is 1.62. The number of carbonyl (C=O) groups is 2. The van der Waals surface area contributed by atoms with Crippen molar-refractivity contribution in [1.82, 2.24) is 0 Å². The van der Waals surface area contributed by atoms with Crippen molar-refractivity contribution >= 4 is 11.7 Å². The maximum Gasteiger partial charge on any atom is 0.248 e. The molecule has 0 spiro atoms. The van der Waals surface area contributed by atoms with E-state index in [1.54, 1.807) is 26.2 Å². The summed E-state index contributed by atoms with van der Waals surface area (Å²) in [5, 5.41) is 0. The first-order valence-corrected chi connectivity index (χ1v) is 7.49. The largest absolute Gasteiger partial charge is 0.497 e. The van der Waals surface area contributed by atoms with Crippen LogP contribution in [-0.2, 0) is 11.2 Å². The molecule has 0 aliphatic rings. The van der Waals surface area contributed by atoms with Crippen molar-refractivity contribution in [3.05, 3.63) is 53.6 Å². The summed E-state index contributed by atoms with van der Waals surface area (Å²) in [6.45, 7) is 3.46. The zero-order chi connectivity index (χ0) is 17.0. The van der Waals surface area contributed by atoms with Crippen LogP contribution in [0.3, 0.4) is 0 Å². The van der Waals surface area contributed by atoms with E-state index in [4.69, 9.17) is 10.5 Å². The molecule has 0 bridgehead atoms. The lowest BCUT2D eigenvalue weighted by Gasteiger charge is -2.12. The average Bonchev–Trinajstić information content (AvgIpc) is 2.54. The zero-order valence-electron chi connectivity index (χ0n) is 13.6. The standard InChI is InChI=1S/C19H21NO3/c1-12(13(2)21)8-14-9-16(11-17(10-14)19(20)22)15-4-6-18(23-3)7-5-15/h4-7,9-12H,8H2,1-3H3,(H2,20,22)/t12-/m0/s1. The summed E-state index contributed by atoms with van der Waals surface area (Å²) in [5.41, 5.74) is 8.68. The molecule has 4 nitrogen and oxygen atoms in total. The number of ether oxygens (including phenoxy) is 1. The average molecular weight is 311 g/mol. The lowest BCUT2D eigenvalue weighted by molar-refractivity contribution is -0.120. The quantitative estimate of drug-likeness (QED) is 0.890. The van der Waals surface area contributed by atoms with Crippen LogP contribution in [0.2, 0.25) is 0 Å². The van der Waals surface area contributed by atoms with Gasteiger partial charge in [0.25, 0.3) is 0 Å². The van der Waals surface area contributed by atoms with Crippen LogP contribution in [0, 0.1) is 5.92 Å². The van der Waals surface area contributed by atoms with Gasteiger partial charge in [0.15, 0.2) is 0 Å². The molecular weight excluding hydrogens is 290 g/mol. The monoisotopic (exact) mass is 311 g/mol. The van der Waals surface area contributed by atoms with Crippen LogP contribution in [0.15, 0.2) is 42.5 Å². The number of carbonyl (C=O) groups excluding carboxylic acids is 2. The number of nitrogens with two attached hydrogens (primary N) is 1. The Balaban J connectivity index is 2.43. The molecule has 0 saturated carbocycles. The Kier molecular flexibility index (Phi) is 5.16. The highest BCUT2D eigenvalue weighted by Gasteiger charge is 2.12. The van der Waals surface area contributed by atoms with E-state index in [0.717, 1.165) is 22.4 Å². The van der Waals surface area contributed by atoms with Crippen molar-refractivity contribution in [2.75, 3.05) is 7.11 Å². The summed E-state index contributed by atoms with van der Waals surface area (Å²) in [5.74, 6) is 0.324. The van der Waals surface area contributed by atoms with Crippen LogP contribution in [0.5, 0.6) is 5.75 Å². The van der Waals surface area contributed by atoms with Gasteiger partial charge in [0.2, 0.25) is 5.91 Å². The van der Waals surface area contributed by atoms with Crippen molar-refractivity contribution in [2.24, 2.45) is 11.7 Å². The minimum atomic E-state index is -0.475. The van der Waals surface area contributed by atoms with Gasteiger partial charge < -0.3 is 10.5 Å². The van der Waals surface area contributed by atoms with Crippen LogP contribution in [-0.4, -0.2) is 18.8 Å². The number of methoxy groups -OCH3 is 1. The van der Waals surface area contributed by atoms with E-state index in [1.807, 2.05) is 37.3 Å². The van der Waals surface area contributed by atoms with E-state index in [-0.39, 0.29) is 11.7 Å². The molecule has 1 amide bonds. The van der Waals surface area contributed by atoms with Gasteiger partial charge in [-0.2, -0.15) is 0 Å². The van der Waals surface area contributed by atoms with Gasteiger partial charge in [-0.3, -0.25) is 9.59 Å². The predicted molar refractivity (Wildman–Crippen MR) is 90.5 cm³/mol. The molecule has 0 radical (unpaired) electrons. The molecule has 0 aromatic heterocycles. The molecule has 0 aliphatic heterocycles. The fraction of sp³-hybridized carbons (Fsp3) is 0.263. The smallest absolute Gasteiger partial charge is 0.248 e. The molecule has 120 valence electrons. The van der Waals surface area contributed by atoms with E-state index in [0.29, 0.717) is 12.0 Å². The summed E-state index contributed by atoms with van der Waals surface area (Å²) in [4.78, 5) is 23.1. The van der Waals surface area contributed by atoms with Crippen molar-refractivity contribution in [1.29, 1.82) is 0 Å². The molecule has 2 N–H and O–H groups in total. The molecule has 2 rings (SSSR count). The summed E-state index contributed by atoms with van der Waals surface area (Å²) in [6.07, 6.45) is 0.583. The first kappa shape index (κ1) is 16.7. The summed E-state index contributed by atoms with van der Waals surface area (Å²) < 4.78 is 5.16. The third-order valence-corrected chi connectivity index (χ3v) is 3.94. The highest BCUT2D eigenvalue weighted by atomic mass is 16.5. The molecule has 1 atom stereocenters. The SMILES string of the molecule is COc1ccc(-c2cc(C[C@H](C)C(C)=O)cc(C(N)=O)c2)cc1. The van der Waals surface area contributed by atoms with E-state index in [2.05, 4.69) is 0 Å². The second kappa shape index (κ2) is 7.09. The Morgan fingerprint density at radius 3 is 2.26 bits per heavy atom. The molecule has 4 heteroatoms. The molecule has 0 heterocycles. The van der Waals surface area contributed by atoms with E-state index >= 15 is 0 Å². The van der Waals surface area contributed by atoms with E-state index in [9.17, 15) is 9.59 Å². The number of benzene rings is 2. The molecule has 2 aromatic carbocycles. The molecule has 2 aromatic rings. The number of primary amides is 1. The normalized spacial score (nSPS) is 11.8. The van der Waals surface area contributed by atoms with Crippen molar-refractivity contribution in [3.8, 4) is 16.9 Å². The molecule has 0 unspecified atom stereocenters. The Hall–Kier alpha value is -2.62. The van der Waals surface area contributed by atoms with Gasteiger partial charge in [0.1, 0.15) is 11.5 Å². The van der Waals surface area contributed by atoms with Gasteiger partial charge in [-0.15, -0.1) is 0 Å². The second-order valence-corrected chi connectivity index (χ2v) is 5.73. The molecule has 0 aliphatic carbocycles. The molecule has 23 heavy (non-hydrogen) atoms. The number of hydrogen-bond acceptors (Lipinski definition) is 3. The maximum absolute atomic E-state index is 11.6. The Bertz CT molecular complexity index is 720. The number of Topliss-reactive ketones (excluding diaryl/α,β-unsaturated/α-hetero) is 1. The van der Waals surface area contributed by atoms with Gasteiger partial charge in [0.05, 0.1) is 7.11 Å². The van der Waals surface area contributed by atoms with Gasteiger partial charge in [-0.05, 0) is 54.3 Å². The van der Waals surface area contributed by atoms with Gasteiger partial charge in [-0.1, -0.05) is 25.1 Å². The minimum Gasteiger partial charge on any atom is -0.497 e. The third kappa shape index (κ3) is 4.19. The van der Waals surface area contributed by atoms with E-state index in [1.165, 1.54) is 0 Å². The fourth-order valence-electron chi connectivity index (χ4n) is 2.40. The molecule has 0 saturated heterocycles. The third-order valence-electron chi connectivity index (χ3n) is 3.94. The summed E-state index contributed by atoms with van der Waals surface area (Å²) in [6, 6.07) is 13.1. The highest BCUT2D eigenvalue weighted by molar-refractivity contribution is 5.94. The fourth-order valence-corrected chi connectivity index (χ4v) is 2.40. The van der Waals surface area contributed by atoms with Crippen LogP contribution >= 0.6 is 0 Å². The van der Waals surface area contributed by atoms with Gasteiger partial charge >= 0.3 is 0 Å². The van der Waals surface area contributed by atoms with Crippen LogP contribution < -0.4 is 10.5 Å². The van der Waals surface area contributed by atoms with Crippen molar-refractivity contribution < 1.29 is 14.3 Å². The van der Waals surface area contributed by atoms with E-state index < -0.39 is 5.91 Å². The Labute approximate surface area is 136 Å². The van der Waals surface area contributed by atoms with Gasteiger partial charge in [-0.25, -0.2) is 0 Å². The topological polar surface area (TPSA) is 69.4 Å². The maximum atomic E-state index is 11.6. The van der Waals surface area contributed by atoms with Crippen LogP contribution in [0.1, 0.15) is 29.8 Å². The van der Waals surface area contributed by atoms with Crippen LogP contribution in [0.25, 0.3) is 11.1 Å². The number of hydrogen-bond donors (Lipinski definition) is 1. The first-order valence-electron chi connectivity index (χ1n) is 7.49. The Morgan fingerprint density at radius 1 is 1.09 bits per heavy atom.